The number of amides is 1. The summed E-state index contributed by atoms with van der Waals surface area (Å²) >= 11 is 5.98. The molecule has 0 radical (unpaired) electrons. The van der Waals surface area contributed by atoms with Crippen molar-refractivity contribution in [2.75, 3.05) is 12.4 Å². The monoisotopic (exact) mass is 321 g/mol. The van der Waals surface area contributed by atoms with E-state index in [1.54, 1.807) is 18.2 Å². The number of ether oxygens (including phenoxy) is 2. The highest BCUT2D eigenvalue weighted by atomic mass is 35.5. The van der Waals surface area contributed by atoms with Crippen LogP contribution < -0.4 is 10.1 Å². The molecular weight excluding hydrogens is 306 g/mol. The smallest absolute Gasteiger partial charge is 0.310 e. The van der Waals surface area contributed by atoms with Crippen molar-refractivity contribution in [1.82, 2.24) is 0 Å². The third kappa shape index (κ3) is 1.92. The van der Waals surface area contributed by atoms with Gasteiger partial charge in [-0.3, -0.25) is 9.59 Å². The fraction of sp³-hybridized carbons (Fsp3) is 0.500. The zero-order valence-electron chi connectivity index (χ0n) is 12.0. The topological polar surface area (TPSA) is 64.6 Å². The molecule has 2 aliphatic carbocycles. The lowest BCUT2D eigenvalue weighted by molar-refractivity contribution is -0.145. The summed E-state index contributed by atoms with van der Waals surface area (Å²) in [5, 5.41) is 3.39. The molecule has 0 spiro atoms. The minimum atomic E-state index is -0.306. The summed E-state index contributed by atoms with van der Waals surface area (Å²) < 4.78 is 10.6. The van der Waals surface area contributed by atoms with E-state index in [2.05, 4.69) is 5.32 Å². The number of hydrogen-bond acceptors (Lipinski definition) is 4. The Kier molecular flexibility index (Phi) is 3.08. The van der Waals surface area contributed by atoms with Crippen LogP contribution in [-0.4, -0.2) is 25.1 Å². The lowest BCUT2D eigenvalue weighted by Gasteiger charge is -2.24. The molecule has 1 N–H and O–H groups in total. The van der Waals surface area contributed by atoms with Crippen molar-refractivity contribution in [2.45, 2.75) is 18.9 Å². The predicted molar refractivity (Wildman–Crippen MR) is 79.7 cm³/mol. The number of anilines is 1. The van der Waals surface area contributed by atoms with Gasteiger partial charge in [0.05, 0.1) is 24.6 Å². The van der Waals surface area contributed by atoms with Gasteiger partial charge < -0.3 is 14.8 Å². The summed E-state index contributed by atoms with van der Waals surface area (Å²) in [6, 6.07) is 5.06. The van der Waals surface area contributed by atoms with Gasteiger partial charge in [0.1, 0.15) is 11.9 Å². The van der Waals surface area contributed by atoms with Crippen LogP contribution in [0.5, 0.6) is 5.75 Å². The minimum absolute atomic E-state index is 0.0345. The summed E-state index contributed by atoms with van der Waals surface area (Å²) in [6.45, 7) is 0. The molecule has 1 saturated heterocycles. The summed E-state index contributed by atoms with van der Waals surface area (Å²) in [5.74, 6) is 0.0522. The number of carbonyl (C=O) groups is 2. The van der Waals surface area contributed by atoms with Gasteiger partial charge in [-0.05, 0) is 37.0 Å². The Morgan fingerprint density at radius 2 is 2.23 bits per heavy atom. The first kappa shape index (κ1) is 13.9. The maximum absolute atomic E-state index is 12.7. The molecule has 3 fully saturated rings. The fourth-order valence-electron chi connectivity index (χ4n) is 4.36. The number of rotatable bonds is 3. The number of esters is 1. The number of benzene rings is 1. The SMILES string of the molecule is COc1ccc(Cl)cc1NC(=O)[C@H]1[C@H]2C[C@H]3[C@@H]1C(=O)O[C@H]3C2. The Morgan fingerprint density at radius 1 is 1.41 bits per heavy atom. The van der Waals surface area contributed by atoms with Crippen LogP contribution in [0, 0.1) is 23.7 Å². The summed E-state index contributed by atoms with van der Waals surface area (Å²) in [5.41, 5.74) is 0.533. The number of fused-ring (bicyclic) bond motifs is 1. The molecule has 1 heterocycles. The van der Waals surface area contributed by atoms with E-state index in [9.17, 15) is 9.59 Å². The molecule has 1 aliphatic heterocycles. The number of methoxy groups -OCH3 is 1. The van der Waals surface area contributed by atoms with Gasteiger partial charge in [-0.2, -0.15) is 0 Å². The molecule has 116 valence electrons. The van der Waals surface area contributed by atoms with E-state index in [0.717, 1.165) is 12.8 Å². The minimum Gasteiger partial charge on any atom is -0.495 e. The third-order valence-corrected chi connectivity index (χ3v) is 5.44. The van der Waals surface area contributed by atoms with Crippen molar-refractivity contribution in [2.24, 2.45) is 23.7 Å². The first-order chi connectivity index (χ1) is 10.6. The summed E-state index contributed by atoms with van der Waals surface area (Å²) in [6.07, 6.45) is 1.75. The van der Waals surface area contributed by atoms with Crippen molar-refractivity contribution in [3.8, 4) is 5.75 Å². The van der Waals surface area contributed by atoms with Crippen molar-refractivity contribution in [1.29, 1.82) is 0 Å². The first-order valence-electron chi connectivity index (χ1n) is 7.43. The van der Waals surface area contributed by atoms with Gasteiger partial charge in [-0.15, -0.1) is 0 Å². The first-order valence-corrected chi connectivity index (χ1v) is 7.81. The highest BCUT2D eigenvalue weighted by Crippen LogP contribution is 2.57. The zero-order chi connectivity index (χ0) is 15.4. The highest BCUT2D eigenvalue weighted by Gasteiger charge is 2.63. The van der Waals surface area contributed by atoms with Crippen LogP contribution in [0.25, 0.3) is 0 Å². The van der Waals surface area contributed by atoms with E-state index >= 15 is 0 Å². The average molecular weight is 322 g/mol. The average Bonchev–Trinajstić information content (AvgIpc) is 3.08. The fourth-order valence-corrected chi connectivity index (χ4v) is 4.53. The van der Waals surface area contributed by atoms with Crippen LogP contribution >= 0.6 is 11.6 Å². The van der Waals surface area contributed by atoms with Crippen LogP contribution in [0.15, 0.2) is 18.2 Å². The maximum Gasteiger partial charge on any atom is 0.310 e. The Labute approximate surface area is 132 Å². The van der Waals surface area contributed by atoms with E-state index < -0.39 is 0 Å². The summed E-state index contributed by atoms with van der Waals surface area (Å²) in [7, 11) is 1.54. The number of halogens is 1. The van der Waals surface area contributed by atoms with Crippen molar-refractivity contribution < 1.29 is 19.1 Å². The Bertz CT molecular complexity index is 660. The molecule has 5 atom stereocenters. The third-order valence-electron chi connectivity index (χ3n) is 5.21. The van der Waals surface area contributed by atoms with Gasteiger partial charge in [0.15, 0.2) is 0 Å². The van der Waals surface area contributed by atoms with Crippen molar-refractivity contribution >= 4 is 29.2 Å². The van der Waals surface area contributed by atoms with Crippen LogP contribution in [-0.2, 0) is 14.3 Å². The van der Waals surface area contributed by atoms with Gasteiger partial charge in [0, 0.05) is 10.9 Å². The molecule has 1 amide bonds. The molecule has 5 nitrogen and oxygen atoms in total. The summed E-state index contributed by atoms with van der Waals surface area (Å²) in [4.78, 5) is 24.7. The quantitative estimate of drug-likeness (QED) is 0.869. The van der Waals surface area contributed by atoms with Crippen molar-refractivity contribution in [3.63, 3.8) is 0 Å². The van der Waals surface area contributed by atoms with E-state index in [0.29, 0.717) is 16.5 Å². The second-order valence-electron chi connectivity index (χ2n) is 6.26. The standard InChI is InChI=1S/C16H16ClNO4/c1-21-11-3-2-8(17)6-10(11)18-15(19)13-7-4-9-12(5-7)22-16(20)14(9)13/h2-3,6-7,9,12-14H,4-5H2,1H3,(H,18,19)/t7-,9+,12-,13-,14-/m0/s1. The lowest BCUT2D eigenvalue weighted by Crippen LogP contribution is -2.35. The van der Waals surface area contributed by atoms with Crippen LogP contribution in [0.2, 0.25) is 5.02 Å². The van der Waals surface area contributed by atoms with Crippen molar-refractivity contribution in [3.05, 3.63) is 23.2 Å². The molecule has 2 bridgehead atoms. The van der Waals surface area contributed by atoms with Gasteiger partial charge in [0.25, 0.3) is 0 Å². The maximum atomic E-state index is 12.7. The number of nitrogens with one attached hydrogen (secondary N) is 1. The normalized spacial score (nSPS) is 34.6. The highest BCUT2D eigenvalue weighted by molar-refractivity contribution is 6.31. The second-order valence-corrected chi connectivity index (χ2v) is 6.69. The van der Waals surface area contributed by atoms with E-state index in [4.69, 9.17) is 21.1 Å². The molecule has 2 saturated carbocycles. The molecular formula is C16H16ClNO4. The van der Waals surface area contributed by atoms with E-state index in [-0.39, 0.29) is 41.7 Å². The van der Waals surface area contributed by atoms with Gasteiger partial charge in [0.2, 0.25) is 5.91 Å². The molecule has 0 unspecified atom stereocenters. The lowest BCUT2D eigenvalue weighted by atomic mass is 9.79. The largest absolute Gasteiger partial charge is 0.495 e. The van der Waals surface area contributed by atoms with E-state index in [1.807, 2.05) is 0 Å². The number of carbonyl (C=O) groups excluding carboxylic acids is 2. The molecule has 22 heavy (non-hydrogen) atoms. The molecule has 3 aliphatic rings. The zero-order valence-corrected chi connectivity index (χ0v) is 12.8. The van der Waals surface area contributed by atoms with Crippen LogP contribution in [0.3, 0.4) is 0 Å². The Morgan fingerprint density at radius 3 is 3.00 bits per heavy atom. The molecule has 1 aromatic rings. The molecule has 4 rings (SSSR count). The van der Waals surface area contributed by atoms with Crippen LogP contribution in [0.4, 0.5) is 5.69 Å². The Hall–Kier alpha value is -1.75. The van der Waals surface area contributed by atoms with Gasteiger partial charge in [-0.25, -0.2) is 0 Å². The number of hydrogen-bond donors (Lipinski definition) is 1. The Balaban J connectivity index is 1.59. The van der Waals surface area contributed by atoms with Gasteiger partial charge >= 0.3 is 5.97 Å². The molecule has 1 aromatic carbocycles. The van der Waals surface area contributed by atoms with Crippen LogP contribution in [0.1, 0.15) is 12.8 Å². The second kappa shape index (κ2) is 4.88. The van der Waals surface area contributed by atoms with E-state index in [1.165, 1.54) is 7.11 Å². The van der Waals surface area contributed by atoms with Gasteiger partial charge in [-0.1, -0.05) is 11.6 Å². The predicted octanol–water partition coefficient (Wildman–Crippen LogP) is 2.48. The molecule has 6 heteroatoms. The molecule has 0 aromatic heterocycles.